The highest BCUT2D eigenvalue weighted by Crippen LogP contribution is 2.31. The predicted molar refractivity (Wildman–Crippen MR) is 67.0 cm³/mol. The third-order valence-electron chi connectivity index (χ3n) is 2.92. The Labute approximate surface area is 108 Å². The van der Waals surface area contributed by atoms with Gasteiger partial charge in [0.15, 0.2) is 0 Å². The Balaban J connectivity index is 1.82. The second kappa shape index (κ2) is 4.74. The number of carbonyl (C=O) groups is 1. The van der Waals surface area contributed by atoms with Gasteiger partial charge in [0.25, 0.3) is 0 Å². The smallest absolute Gasteiger partial charge is 0.240 e. The number of benzene rings is 1. The first-order valence-corrected chi connectivity index (χ1v) is 6.32. The van der Waals surface area contributed by atoms with Crippen LogP contribution in [0.15, 0.2) is 22.7 Å². The van der Waals surface area contributed by atoms with Crippen molar-refractivity contribution in [1.82, 2.24) is 5.32 Å². The van der Waals surface area contributed by atoms with Crippen LogP contribution in [0.2, 0.25) is 0 Å². The van der Waals surface area contributed by atoms with Crippen LogP contribution in [-0.4, -0.2) is 18.0 Å². The number of amides is 1. The molecule has 1 fully saturated rings. The van der Waals surface area contributed by atoms with Crippen molar-refractivity contribution in [2.24, 2.45) is 5.73 Å². The van der Waals surface area contributed by atoms with E-state index < -0.39 is 5.54 Å². The molecule has 1 aliphatic rings. The Hall–Kier alpha value is -0.940. The lowest BCUT2D eigenvalue weighted by atomic mass is 10.1. The molecule has 3 nitrogen and oxygen atoms in total. The van der Waals surface area contributed by atoms with Gasteiger partial charge < -0.3 is 11.1 Å². The Morgan fingerprint density at radius 3 is 2.82 bits per heavy atom. The second-order valence-corrected chi connectivity index (χ2v) is 5.26. The molecule has 0 radical (unpaired) electrons. The molecule has 92 valence electrons. The van der Waals surface area contributed by atoms with Crippen molar-refractivity contribution in [2.45, 2.75) is 24.8 Å². The standard InChI is InChI=1S/C12H14BrFN2O/c13-9-7-8(1-2-10(9)14)3-6-16-11(17)12(15)4-5-12/h1-2,7H,3-6,15H2,(H,16,17). The molecule has 1 amide bonds. The van der Waals surface area contributed by atoms with Crippen molar-refractivity contribution in [2.75, 3.05) is 6.54 Å². The number of rotatable bonds is 4. The van der Waals surface area contributed by atoms with Gasteiger partial charge in [-0.15, -0.1) is 0 Å². The zero-order chi connectivity index (χ0) is 12.5. The van der Waals surface area contributed by atoms with E-state index >= 15 is 0 Å². The fourth-order valence-corrected chi connectivity index (χ4v) is 1.98. The Kier molecular flexibility index (Phi) is 3.49. The number of nitrogens with two attached hydrogens (primary N) is 1. The zero-order valence-corrected chi connectivity index (χ0v) is 10.9. The van der Waals surface area contributed by atoms with Crippen molar-refractivity contribution < 1.29 is 9.18 Å². The van der Waals surface area contributed by atoms with Gasteiger partial charge in [-0.05, 0) is 52.9 Å². The summed E-state index contributed by atoms with van der Waals surface area (Å²) < 4.78 is 13.4. The van der Waals surface area contributed by atoms with Crippen LogP contribution in [0.25, 0.3) is 0 Å². The van der Waals surface area contributed by atoms with Gasteiger partial charge in [0.2, 0.25) is 5.91 Å². The van der Waals surface area contributed by atoms with Crippen molar-refractivity contribution in [3.8, 4) is 0 Å². The number of nitrogens with one attached hydrogen (secondary N) is 1. The molecule has 2 rings (SSSR count). The average molecular weight is 301 g/mol. The summed E-state index contributed by atoms with van der Waals surface area (Å²) in [6.45, 7) is 0.524. The van der Waals surface area contributed by atoms with Crippen molar-refractivity contribution in [3.63, 3.8) is 0 Å². The minimum absolute atomic E-state index is 0.0846. The zero-order valence-electron chi connectivity index (χ0n) is 9.30. The topological polar surface area (TPSA) is 55.1 Å². The lowest BCUT2D eigenvalue weighted by molar-refractivity contribution is -0.123. The van der Waals surface area contributed by atoms with Crippen LogP contribution < -0.4 is 11.1 Å². The largest absolute Gasteiger partial charge is 0.354 e. The third-order valence-corrected chi connectivity index (χ3v) is 3.53. The van der Waals surface area contributed by atoms with Crippen LogP contribution in [-0.2, 0) is 11.2 Å². The molecule has 0 spiro atoms. The van der Waals surface area contributed by atoms with Crippen LogP contribution in [0, 0.1) is 5.82 Å². The average Bonchev–Trinajstić information content (AvgIpc) is 3.03. The molecular weight excluding hydrogens is 287 g/mol. The summed E-state index contributed by atoms with van der Waals surface area (Å²) in [4.78, 5) is 11.5. The minimum atomic E-state index is -0.622. The third kappa shape index (κ3) is 3.04. The van der Waals surface area contributed by atoms with E-state index in [2.05, 4.69) is 21.2 Å². The summed E-state index contributed by atoms with van der Waals surface area (Å²) in [5, 5.41) is 2.79. The first-order valence-electron chi connectivity index (χ1n) is 5.52. The van der Waals surface area contributed by atoms with Gasteiger partial charge >= 0.3 is 0 Å². The molecular formula is C12H14BrFN2O. The molecule has 0 saturated heterocycles. The van der Waals surface area contributed by atoms with E-state index in [0.717, 1.165) is 18.4 Å². The molecule has 1 aliphatic carbocycles. The molecule has 0 heterocycles. The number of carbonyl (C=O) groups excluding carboxylic acids is 1. The van der Waals surface area contributed by atoms with E-state index in [4.69, 9.17) is 5.73 Å². The quantitative estimate of drug-likeness (QED) is 0.890. The van der Waals surface area contributed by atoms with Crippen LogP contribution in [0.3, 0.4) is 0 Å². The summed E-state index contributed by atoms with van der Waals surface area (Å²) in [5.41, 5.74) is 6.10. The van der Waals surface area contributed by atoms with Crippen LogP contribution in [0.4, 0.5) is 4.39 Å². The van der Waals surface area contributed by atoms with Gasteiger partial charge in [0, 0.05) is 6.54 Å². The molecule has 0 aliphatic heterocycles. The summed E-state index contributed by atoms with van der Waals surface area (Å²) in [6.07, 6.45) is 2.20. The normalized spacial score (nSPS) is 16.6. The maximum absolute atomic E-state index is 13.0. The molecule has 3 N–H and O–H groups in total. The fourth-order valence-electron chi connectivity index (χ4n) is 1.55. The van der Waals surface area contributed by atoms with Crippen molar-refractivity contribution in [1.29, 1.82) is 0 Å². The van der Waals surface area contributed by atoms with E-state index in [9.17, 15) is 9.18 Å². The first kappa shape index (κ1) is 12.5. The first-order chi connectivity index (χ1) is 8.01. The van der Waals surface area contributed by atoms with Crippen LogP contribution >= 0.6 is 15.9 Å². The molecule has 1 aromatic carbocycles. The van der Waals surface area contributed by atoms with Crippen LogP contribution in [0.1, 0.15) is 18.4 Å². The Morgan fingerprint density at radius 1 is 1.53 bits per heavy atom. The molecule has 0 aromatic heterocycles. The summed E-state index contributed by atoms with van der Waals surface area (Å²) in [6, 6.07) is 4.84. The lowest BCUT2D eigenvalue weighted by Crippen LogP contribution is -2.43. The van der Waals surface area contributed by atoms with E-state index in [1.165, 1.54) is 6.07 Å². The highest BCUT2D eigenvalue weighted by molar-refractivity contribution is 9.10. The van der Waals surface area contributed by atoms with E-state index in [1.807, 2.05) is 0 Å². The van der Waals surface area contributed by atoms with Gasteiger partial charge in [-0.3, -0.25) is 4.79 Å². The Morgan fingerprint density at radius 2 is 2.24 bits per heavy atom. The lowest BCUT2D eigenvalue weighted by Gasteiger charge is -2.10. The number of hydrogen-bond donors (Lipinski definition) is 2. The minimum Gasteiger partial charge on any atom is -0.354 e. The summed E-state index contributed by atoms with van der Waals surface area (Å²) in [7, 11) is 0. The molecule has 17 heavy (non-hydrogen) atoms. The van der Waals surface area contributed by atoms with E-state index in [1.54, 1.807) is 12.1 Å². The summed E-state index contributed by atoms with van der Waals surface area (Å²) in [5.74, 6) is -0.365. The highest BCUT2D eigenvalue weighted by Gasteiger charge is 2.45. The predicted octanol–water partition coefficient (Wildman–Crippen LogP) is 1.74. The SMILES string of the molecule is NC1(C(=O)NCCc2ccc(F)c(Br)c2)CC1. The fraction of sp³-hybridized carbons (Fsp3) is 0.417. The van der Waals surface area contributed by atoms with Gasteiger partial charge in [-0.25, -0.2) is 4.39 Å². The highest BCUT2D eigenvalue weighted by atomic mass is 79.9. The van der Waals surface area contributed by atoms with E-state index in [-0.39, 0.29) is 11.7 Å². The monoisotopic (exact) mass is 300 g/mol. The van der Waals surface area contributed by atoms with Gasteiger partial charge in [0.05, 0.1) is 10.0 Å². The molecule has 1 aromatic rings. The number of halogens is 2. The van der Waals surface area contributed by atoms with Crippen molar-refractivity contribution in [3.05, 3.63) is 34.1 Å². The second-order valence-electron chi connectivity index (χ2n) is 4.41. The molecule has 0 atom stereocenters. The molecule has 0 unspecified atom stereocenters. The maximum atomic E-state index is 13.0. The maximum Gasteiger partial charge on any atom is 0.240 e. The molecule has 1 saturated carbocycles. The van der Waals surface area contributed by atoms with Gasteiger partial charge in [0.1, 0.15) is 5.82 Å². The molecule has 0 bridgehead atoms. The van der Waals surface area contributed by atoms with Gasteiger partial charge in [-0.1, -0.05) is 6.07 Å². The van der Waals surface area contributed by atoms with E-state index in [0.29, 0.717) is 17.4 Å². The Bertz CT molecular complexity index is 446. The molecule has 5 heteroatoms. The van der Waals surface area contributed by atoms with Crippen LogP contribution in [0.5, 0.6) is 0 Å². The number of hydrogen-bond acceptors (Lipinski definition) is 2. The van der Waals surface area contributed by atoms with Crippen molar-refractivity contribution >= 4 is 21.8 Å². The van der Waals surface area contributed by atoms with Gasteiger partial charge in [-0.2, -0.15) is 0 Å². The summed E-state index contributed by atoms with van der Waals surface area (Å²) >= 11 is 3.13.